The molecule has 12 heavy (non-hydrogen) atoms. The molecule has 1 aromatic rings. The van der Waals surface area contributed by atoms with E-state index in [9.17, 15) is 4.79 Å². The van der Waals surface area contributed by atoms with Crippen LogP contribution in [0.4, 0.5) is 0 Å². The smallest absolute Gasteiger partial charge is 0.308 e. The summed E-state index contributed by atoms with van der Waals surface area (Å²) in [6.07, 6.45) is 0. The minimum absolute atomic E-state index is 0.289. The van der Waals surface area contributed by atoms with Crippen molar-refractivity contribution >= 4 is 29.2 Å². The van der Waals surface area contributed by atoms with E-state index < -0.39 is 5.97 Å². The third-order valence-corrected chi connectivity index (χ3v) is 1.69. The lowest BCUT2D eigenvalue weighted by molar-refractivity contribution is -0.131. The van der Waals surface area contributed by atoms with Gasteiger partial charge in [0.15, 0.2) is 5.75 Å². The van der Waals surface area contributed by atoms with Crippen LogP contribution >= 0.6 is 23.2 Å². The molecular formula is C8H6Cl2O2. The lowest BCUT2D eigenvalue weighted by Gasteiger charge is -2.02. The number of esters is 1. The number of hydrogen-bond donors (Lipinski definition) is 0. The maximum absolute atomic E-state index is 10.6. The van der Waals surface area contributed by atoms with Crippen LogP contribution in [0.2, 0.25) is 10.0 Å². The molecule has 2 nitrogen and oxygen atoms in total. The van der Waals surface area contributed by atoms with E-state index in [1.54, 1.807) is 12.1 Å². The third-order valence-electron chi connectivity index (χ3n) is 1.15. The Hall–Kier alpha value is -0.730. The molecule has 1 aromatic carbocycles. The Morgan fingerprint density at radius 1 is 1.42 bits per heavy atom. The van der Waals surface area contributed by atoms with Gasteiger partial charge in [-0.05, 0) is 12.1 Å². The first kappa shape index (κ1) is 9.36. The van der Waals surface area contributed by atoms with Gasteiger partial charge in [0.05, 0.1) is 5.02 Å². The minimum atomic E-state index is -0.417. The average Bonchev–Trinajstić information content (AvgIpc) is 1.96. The number of rotatable bonds is 1. The van der Waals surface area contributed by atoms with Gasteiger partial charge >= 0.3 is 5.97 Å². The highest BCUT2D eigenvalue weighted by atomic mass is 35.5. The molecule has 0 heterocycles. The molecule has 64 valence electrons. The Morgan fingerprint density at radius 2 is 2.08 bits per heavy atom. The quantitative estimate of drug-likeness (QED) is 0.520. The molecule has 0 amide bonds. The molecule has 0 aromatic heterocycles. The number of carbonyl (C=O) groups is 1. The maximum Gasteiger partial charge on any atom is 0.308 e. The van der Waals surface area contributed by atoms with Gasteiger partial charge in [0.1, 0.15) is 0 Å². The van der Waals surface area contributed by atoms with Gasteiger partial charge in [-0.2, -0.15) is 0 Å². The molecule has 0 atom stereocenters. The number of carbonyl (C=O) groups excluding carboxylic acids is 1. The highest BCUT2D eigenvalue weighted by Crippen LogP contribution is 2.27. The van der Waals surface area contributed by atoms with Gasteiger partial charge in [0, 0.05) is 18.0 Å². The van der Waals surface area contributed by atoms with E-state index >= 15 is 0 Å². The molecule has 4 heteroatoms. The Balaban J connectivity index is 2.97. The molecule has 0 aliphatic carbocycles. The lowest BCUT2D eigenvalue weighted by atomic mass is 10.3. The predicted octanol–water partition coefficient (Wildman–Crippen LogP) is 2.92. The first-order valence-electron chi connectivity index (χ1n) is 3.23. The Morgan fingerprint density at radius 3 is 2.67 bits per heavy atom. The molecule has 0 fully saturated rings. The van der Waals surface area contributed by atoms with Crippen molar-refractivity contribution < 1.29 is 9.53 Å². The fourth-order valence-corrected chi connectivity index (χ4v) is 1.03. The maximum atomic E-state index is 10.6. The summed E-state index contributed by atoms with van der Waals surface area (Å²) >= 11 is 11.4. The summed E-state index contributed by atoms with van der Waals surface area (Å²) < 4.78 is 4.77. The van der Waals surface area contributed by atoms with Gasteiger partial charge in [-0.25, -0.2) is 0 Å². The monoisotopic (exact) mass is 204 g/mol. The van der Waals surface area contributed by atoms with Gasteiger partial charge in [-0.1, -0.05) is 23.2 Å². The fraction of sp³-hybridized carbons (Fsp3) is 0.125. The van der Waals surface area contributed by atoms with Crippen molar-refractivity contribution in [3.05, 3.63) is 28.2 Å². The predicted molar refractivity (Wildman–Crippen MR) is 47.8 cm³/mol. The third kappa shape index (κ3) is 2.40. The van der Waals surface area contributed by atoms with Crippen molar-refractivity contribution in [2.24, 2.45) is 0 Å². The lowest BCUT2D eigenvalue weighted by Crippen LogP contribution is -2.01. The van der Waals surface area contributed by atoms with E-state index in [2.05, 4.69) is 0 Å². The van der Waals surface area contributed by atoms with Crippen LogP contribution in [0.1, 0.15) is 6.92 Å². The van der Waals surface area contributed by atoms with Crippen LogP contribution < -0.4 is 4.74 Å². The highest BCUT2D eigenvalue weighted by Gasteiger charge is 2.04. The molecule has 0 saturated heterocycles. The van der Waals surface area contributed by atoms with Gasteiger partial charge in [-0.3, -0.25) is 4.79 Å². The molecule has 0 radical (unpaired) electrons. The summed E-state index contributed by atoms with van der Waals surface area (Å²) in [6.45, 7) is 1.30. The van der Waals surface area contributed by atoms with Gasteiger partial charge in [0.25, 0.3) is 0 Å². The molecular weight excluding hydrogens is 199 g/mol. The molecule has 1 rings (SSSR count). The van der Waals surface area contributed by atoms with Gasteiger partial charge < -0.3 is 4.74 Å². The van der Waals surface area contributed by atoms with Crippen molar-refractivity contribution in [1.82, 2.24) is 0 Å². The van der Waals surface area contributed by atoms with E-state index in [-0.39, 0.29) is 5.75 Å². The second-order valence-electron chi connectivity index (χ2n) is 2.17. The van der Waals surface area contributed by atoms with E-state index in [4.69, 9.17) is 27.9 Å². The summed E-state index contributed by atoms with van der Waals surface area (Å²) in [5, 5.41) is 0.852. The molecule has 0 N–H and O–H groups in total. The van der Waals surface area contributed by atoms with Crippen LogP contribution in [0.25, 0.3) is 0 Å². The SMILES string of the molecule is CC(=O)Oc1cc(Cl)ccc1Cl. The molecule has 0 saturated carbocycles. The molecule has 0 spiro atoms. The zero-order valence-electron chi connectivity index (χ0n) is 6.30. The molecule has 0 aliphatic rings. The van der Waals surface area contributed by atoms with E-state index in [1.807, 2.05) is 0 Å². The second kappa shape index (κ2) is 3.78. The van der Waals surface area contributed by atoms with Crippen LogP contribution in [0.15, 0.2) is 18.2 Å². The normalized spacial score (nSPS) is 9.58. The molecule has 0 aliphatic heterocycles. The minimum Gasteiger partial charge on any atom is -0.425 e. The average molecular weight is 205 g/mol. The van der Waals surface area contributed by atoms with Gasteiger partial charge in [0.2, 0.25) is 0 Å². The van der Waals surface area contributed by atoms with Crippen molar-refractivity contribution in [2.45, 2.75) is 6.92 Å². The van der Waals surface area contributed by atoms with Crippen LogP contribution in [-0.4, -0.2) is 5.97 Å². The molecule has 0 unspecified atom stereocenters. The fourth-order valence-electron chi connectivity index (χ4n) is 0.710. The van der Waals surface area contributed by atoms with Crippen molar-refractivity contribution in [1.29, 1.82) is 0 Å². The van der Waals surface area contributed by atoms with Crippen molar-refractivity contribution in [3.8, 4) is 5.75 Å². The van der Waals surface area contributed by atoms with E-state index in [0.29, 0.717) is 10.0 Å². The number of benzene rings is 1. The standard InChI is InChI=1S/C8H6Cl2O2/c1-5(11)12-8-4-6(9)2-3-7(8)10/h2-4H,1H3. The summed E-state index contributed by atoms with van der Waals surface area (Å²) in [5.41, 5.74) is 0. The number of ether oxygens (including phenoxy) is 1. The Kier molecular flexibility index (Phi) is 2.95. The summed E-state index contributed by atoms with van der Waals surface area (Å²) in [7, 11) is 0. The Bertz CT molecular complexity index is 310. The second-order valence-corrected chi connectivity index (χ2v) is 3.01. The van der Waals surface area contributed by atoms with Crippen LogP contribution in [0.3, 0.4) is 0 Å². The number of halogens is 2. The zero-order chi connectivity index (χ0) is 9.14. The van der Waals surface area contributed by atoms with Crippen LogP contribution in [-0.2, 0) is 4.79 Å². The largest absolute Gasteiger partial charge is 0.425 e. The first-order valence-corrected chi connectivity index (χ1v) is 3.98. The first-order chi connectivity index (χ1) is 5.59. The summed E-state index contributed by atoms with van der Waals surface area (Å²) in [6, 6.07) is 4.68. The van der Waals surface area contributed by atoms with Crippen molar-refractivity contribution in [2.75, 3.05) is 0 Å². The van der Waals surface area contributed by atoms with E-state index in [0.717, 1.165) is 0 Å². The summed E-state index contributed by atoms with van der Waals surface area (Å²) in [5.74, 6) is -0.129. The van der Waals surface area contributed by atoms with Gasteiger partial charge in [-0.15, -0.1) is 0 Å². The number of hydrogen-bond acceptors (Lipinski definition) is 2. The van der Waals surface area contributed by atoms with Crippen molar-refractivity contribution in [3.63, 3.8) is 0 Å². The molecule has 0 bridgehead atoms. The van der Waals surface area contributed by atoms with E-state index in [1.165, 1.54) is 13.0 Å². The Labute approximate surface area is 80.0 Å². The van der Waals surface area contributed by atoms with Crippen LogP contribution in [0, 0.1) is 0 Å². The summed E-state index contributed by atoms with van der Waals surface area (Å²) in [4.78, 5) is 10.6. The highest BCUT2D eigenvalue weighted by molar-refractivity contribution is 6.34. The van der Waals surface area contributed by atoms with Crippen LogP contribution in [0.5, 0.6) is 5.75 Å². The zero-order valence-corrected chi connectivity index (χ0v) is 7.82. The topological polar surface area (TPSA) is 26.3 Å².